The normalized spacial score (nSPS) is 20.6. The van der Waals surface area contributed by atoms with Crippen LogP contribution in [0.25, 0.3) is 0 Å². The number of hydrogen-bond acceptors (Lipinski definition) is 4. The van der Waals surface area contributed by atoms with Crippen molar-refractivity contribution in [1.82, 2.24) is 4.90 Å². The Kier molecular flexibility index (Phi) is 3.71. The third-order valence-corrected chi connectivity index (χ3v) is 3.22. The van der Waals surface area contributed by atoms with Crippen molar-refractivity contribution in [3.8, 4) is 5.75 Å². The van der Waals surface area contributed by atoms with Crippen LogP contribution in [0.4, 0.5) is 0 Å². The zero-order chi connectivity index (χ0) is 14.0. The zero-order valence-corrected chi connectivity index (χ0v) is 10.3. The van der Waals surface area contributed by atoms with Crippen molar-refractivity contribution in [3.63, 3.8) is 0 Å². The van der Waals surface area contributed by atoms with E-state index < -0.39 is 12.0 Å². The van der Waals surface area contributed by atoms with Gasteiger partial charge in [0, 0.05) is 25.4 Å². The van der Waals surface area contributed by atoms with Crippen molar-refractivity contribution in [2.24, 2.45) is 5.73 Å². The molecule has 1 aliphatic heterocycles. The number of rotatable bonds is 4. The van der Waals surface area contributed by atoms with Gasteiger partial charge in [0.1, 0.15) is 11.8 Å². The minimum absolute atomic E-state index is 0.120. The van der Waals surface area contributed by atoms with Crippen LogP contribution in [0, 0.1) is 0 Å². The average Bonchev–Trinajstić information content (AvgIpc) is 2.67. The van der Waals surface area contributed by atoms with Crippen LogP contribution in [0.15, 0.2) is 24.3 Å². The van der Waals surface area contributed by atoms with E-state index in [0.29, 0.717) is 0 Å². The van der Waals surface area contributed by atoms with Crippen LogP contribution in [0.1, 0.15) is 12.0 Å². The van der Waals surface area contributed by atoms with Gasteiger partial charge < -0.3 is 20.8 Å². The number of phenolic OH excluding ortho intramolecular Hbond substituents is 1. The number of carboxylic acids is 1. The van der Waals surface area contributed by atoms with E-state index in [1.54, 1.807) is 12.1 Å². The molecule has 102 valence electrons. The van der Waals surface area contributed by atoms with Crippen molar-refractivity contribution < 1.29 is 19.8 Å². The van der Waals surface area contributed by atoms with Crippen LogP contribution in [-0.4, -0.2) is 45.6 Å². The molecule has 1 fully saturated rings. The molecule has 0 aliphatic carbocycles. The minimum atomic E-state index is -1.05. The van der Waals surface area contributed by atoms with Gasteiger partial charge in [-0.2, -0.15) is 0 Å². The molecule has 19 heavy (non-hydrogen) atoms. The molecule has 4 N–H and O–H groups in total. The maximum atomic E-state index is 11.7. The number of carbonyl (C=O) groups excluding carboxylic acids is 1. The first kappa shape index (κ1) is 13.4. The Balaban J connectivity index is 2.15. The lowest BCUT2D eigenvalue weighted by Gasteiger charge is -2.24. The lowest BCUT2D eigenvalue weighted by molar-refractivity contribution is -0.148. The molecule has 1 heterocycles. The summed E-state index contributed by atoms with van der Waals surface area (Å²) < 4.78 is 0. The summed E-state index contributed by atoms with van der Waals surface area (Å²) in [6.07, 6.45) is 0.396. The molecule has 0 aromatic heterocycles. The van der Waals surface area contributed by atoms with Crippen LogP contribution in [0.2, 0.25) is 0 Å². The molecule has 0 saturated carbocycles. The second kappa shape index (κ2) is 5.27. The van der Waals surface area contributed by atoms with Crippen LogP contribution in [0.5, 0.6) is 5.75 Å². The molecule has 2 atom stereocenters. The van der Waals surface area contributed by atoms with E-state index in [1.807, 2.05) is 0 Å². The first-order chi connectivity index (χ1) is 8.97. The number of likely N-dealkylation sites (tertiary alicyclic amines) is 1. The Hall–Kier alpha value is -2.08. The number of carboxylic acid groups (broad SMARTS) is 1. The maximum Gasteiger partial charge on any atom is 0.326 e. The first-order valence-corrected chi connectivity index (χ1v) is 6.03. The second-order valence-corrected chi connectivity index (χ2v) is 4.73. The molecular formula is C13H16N2O4. The molecule has 1 aliphatic rings. The third kappa shape index (κ3) is 3.03. The van der Waals surface area contributed by atoms with E-state index in [9.17, 15) is 19.8 Å². The Bertz CT molecular complexity index is 486. The average molecular weight is 264 g/mol. The van der Waals surface area contributed by atoms with E-state index >= 15 is 0 Å². The van der Waals surface area contributed by atoms with Crippen molar-refractivity contribution in [3.05, 3.63) is 29.8 Å². The summed E-state index contributed by atoms with van der Waals surface area (Å²) in [5.74, 6) is -1.15. The van der Waals surface area contributed by atoms with Crippen LogP contribution < -0.4 is 5.73 Å². The molecule has 0 radical (unpaired) electrons. The lowest BCUT2D eigenvalue weighted by atomic mass is 10.0. The highest BCUT2D eigenvalue weighted by atomic mass is 16.4. The van der Waals surface area contributed by atoms with Crippen LogP contribution >= 0.6 is 0 Å². The van der Waals surface area contributed by atoms with Gasteiger partial charge in [-0.05, 0) is 17.7 Å². The number of benzene rings is 1. The summed E-state index contributed by atoms with van der Waals surface area (Å²) in [5.41, 5.74) is 6.43. The summed E-state index contributed by atoms with van der Waals surface area (Å²) >= 11 is 0. The number of phenols is 1. The quantitative estimate of drug-likeness (QED) is 0.707. The molecule has 2 unspecified atom stereocenters. The molecular weight excluding hydrogens is 248 g/mol. The molecule has 0 bridgehead atoms. The monoisotopic (exact) mass is 264 g/mol. The van der Waals surface area contributed by atoms with Gasteiger partial charge in [-0.3, -0.25) is 4.79 Å². The zero-order valence-electron chi connectivity index (χ0n) is 10.3. The predicted molar refractivity (Wildman–Crippen MR) is 67.5 cm³/mol. The van der Waals surface area contributed by atoms with Crippen LogP contribution in [0.3, 0.4) is 0 Å². The van der Waals surface area contributed by atoms with Gasteiger partial charge in [-0.1, -0.05) is 12.1 Å². The minimum Gasteiger partial charge on any atom is -0.508 e. The van der Waals surface area contributed by atoms with Crippen molar-refractivity contribution in [2.75, 3.05) is 6.54 Å². The molecule has 6 heteroatoms. The third-order valence-electron chi connectivity index (χ3n) is 3.22. The molecule has 6 nitrogen and oxygen atoms in total. The molecule has 2 rings (SSSR count). The summed E-state index contributed by atoms with van der Waals surface area (Å²) in [5, 5.41) is 18.5. The molecule has 1 aromatic rings. The number of aliphatic carboxylic acids is 1. The van der Waals surface area contributed by atoms with Crippen LogP contribution in [-0.2, 0) is 16.0 Å². The SMILES string of the molecule is NC1CC(=O)N(C(Cc2ccc(O)cc2)C(=O)O)C1. The smallest absolute Gasteiger partial charge is 0.326 e. The second-order valence-electron chi connectivity index (χ2n) is 4.73. The van der Waals surface area contributed by atoms with Gasteiger partial charge in [0.15, 0.2) is 0 Å². The number of nitrogens with two attached hydrogens (primary N) is 1. The number of hydrogen-bond donors (Lipinski definition) is 3. The summed E-state index contributed by atoms with van der Waals surface area (Å²) in [4.78, 5) is 24.4. The van der Waals surface area contributed by atoms with Gasteiger partial charge in [0.05, 0.1) is 0 Å². The number of aromatic hydroxyl groups is 1. The number of amides is 1. The van der Waals surface area contributed by atoms with E-state index in [2.05, 4.69) is 0 Å². The number of carbonyl (C=O) groups is 2. The summed E-state index contributed by atoms with van der Waals surface area (Å²) in [6.45, 7) is 0.272. The summed E-state index contributed by atoms with van der Waals surface area (Å²) in [7, 11) is 0. The first-order valence-electron chi connectivity index (χ1n) is 6.03. The Labute approximate surface area is 110 Å². The molecule has 1 amide bonds. The Morgan fingerprint density at radius 1 is 1.42 bits per heavy atom. The largest absolute Gasteiger partial charge is 0.508 e. The van der Waals surface area contributed by atoms with Crippen molar-refractivity contribution in [2.45, 2.75) is 24.9 Å². The molecule has 0 spiro atoms. The highest BCUT2D eigenvalue weighted by Crippen LogP contribution is 2.18. The van der Waals surface area contributed by atoms with Gasteiger partial charge in [0.2, 0.25) is 5.91 Å². The van der Waals surface area contributed by atoms with Crippen molar-refractivity contribution >= 4 is 11.9 Å². The fourth-order valence-electron chi connectivity index (χ4n) is 2.25. The van der Waals surface area contributed by atoms with Gasteiger partial charge in [0.25, 0.3) is 0 Å². The van der Waals surface area contributed by atoms with E-state index in [4.69, 9.17) is 5.73 Å². The fraction of sp³-hybridized carbons (Fsp3) is 0.385. The van der Waals surface area contributed by atoms with E-state index in [0.717, 1.165) is 5.56 Å². The van der Waals surface area contributed by atoms with E-state index in [1.165, 1.54) is 17.0 Å². The Morgan fingerprint density at radius 3 is 2.53 bits per heavy atom. The molecule has 1 saturated heterocycles. The Morgan fingerprint density at radius 2 is 2.05 bits per heavy atom. The highest BCUT2D eigenvalue weighted by molar-refractivity contribution is 5.85. The maximum absolute atomic E-state index is 11.7. The number of nitrogens with zero attached hydrogens (tertiary/aromatic N) is 1. The van der Waals surface area contributed by atoms with Gasteiger partial charge >= 0.3 is 5.97 Å². The van der Waals surface area contributed by atoms with Gasteiger partial charge in [-0.25, -0.2) is 4.79 Å². The van der Waals surface area contributed by atoms with Crippen molar-refractivity contribution in [1.29, 1.82) is 0 Å². The molecule has 1 aromatic carbocycles. The summed E-state index contributed by atoms with van der Waals surface area (Å²) in [6, 6.07) is 5.06. The lowest BCUT2D eigenvalue weighted by Crippen LogP contribution is -2.44. The standard InChI is InChI=1S/C13H16N2O4/c14-9-6-12(17)15(7-9)11(13(18)19)5-8-1-3-10(16)4-2-8/h1-4,9,11,16H,5-7,14H2,(H,18,19). The van der Waals surface area contributed by atoms with E-state index in [-0.39, 0.29) is 37.1 Å². The highest BCUT2D eigenvalue weighted by Gasteiger charge is 2.36. The predicted octanol–water partition coefficient (Wildman–Crippen LogP) is -0.0525. The fourth-order valence-corrected chi connectivity index (χ4v) is 2.25. The van der Waals surface area contributed by atoms with Gasteiger partial charge in [-0.15, -0.1) is 0 Å². The topological polar surface area (TPSA) is 104 Å².